The van der Waals surface area contributed by atoms with E-state index in [4.69, 9.17) is 23.8 Å². The highest BCUT2D eigenvalue weighted by atomic mass is 35.5. The number of H-pyrrole nitrogens is 1. The highest BCUT2D eigenvalue weighted by molar-refractivity contribution is 7.71. The minimum absolute atomic E-state index is 0.0697. The van der Waals surface area contributed by atoms with Gasteiger partial charge in [-0.1, -0.05) is 24.9 Å². The Morgan fingerprint density at radius 2 is 2.24 bits per heavy atom. The van der Waals surface area contributed by atoms with Crippen molar-refractivity contribution < 1.29 is 0 Å². The quantitative estimate of drug-likeness (QED) is 0.865. The van der Waals surface area contributed by atoms with Gasteiger partial charge in [-0.2, -0.15) is 0 Å². The Kier molecular flexibility index (Phi) is 3.64. The van der Waals surface area contributed by atoms with E-state index in [0.717, 1.165) is 18.4 Å². The summed E-state index contributed by atoms with van der Waals surface area (Å²) in [6.45, 7) is 2.73. The number of rotatable bonds is 3. The highest BCUT2D eigenvalue weighted by Gasteiger charge is 2.05. The van der Waals surface area contributed by atoms with Crippen molar-refractivity contribution in [2.24, 2.45) is 0 Å². The number of aromatic nitrogens is 2. The first-order chi connectivity index (χ1) is 8.13. The second kappa shape index (κ2) is 5.02. The Bertz CT molecular complexity index is 660. The Morgan fingerprint density at radius 1 is 1.47 bits per heavy atom. The lowest BCUT2D eigenvalue weighted by Gasteiger charge is -2.07. The van der Waals surface area contributed by atoms with Crippen LogP contribution < -0.4 is 5.56 Å². The first-order valence-electron chi connectivity index (χ1n) is 5.56. The number of hydrogen-bond donors (Lipinski definition) is 1. The molecule has 90 valence electrons. The van der Waals surface area contributed by atoms with Crippen LogP contribution in [-0.4, -0.2) is 9.55 Å². The lowest BCUT2D eigenvalue weighted by Crippen LogP contribution is -2.22. The number of nitrogens with zero attached hydrogens (tertiary/aromatic N) is 1. The fourth-order valence-electron chi connectivity index (χ4n) is 1.74. The third-order valence-electron chi connectivity index (χ3n) is 2.68. The van der Waals surface area contributed by atoms with Crippen molar-refractivity contribution in [3.63, 3.8) is 0 Å². The second-order valence-corrected chi connectivity index (χ2v) is 4.75. The summed E-state index contributed by atoms with van der Waals surface area (Å²) in [7, 11) is 0. The molecule has 1 aromatic heterocycles. The molecule has 0 atom stereocenters. The maximum atomic E-state index is 12.2. The number of halogens is 1. The smallest absolute Gasteiger partial charge is 0.262 e. The van der Waals surface area contributed by atoms with Gasteiger partial charge in [0.15, 0.2) is 4.77 Å². The molecule has 0 amide bonds. The molecule has 0 radical (unpaired) electrons. The molecule has 1 aromatic carbocycles. The van der Waals surface area contributed by atoms with Gasteiger partial charge in [0.1, 0.15) is 0 Å². The molecule has 0 bridgehead atoms. The molecule has 5 heteroatoms. The van der Waals surface area contributed by atoms with Crippen molar-refractivity contribution >= 4 is 34.7 Å². The molecule has 3 nitrogen and oxygen atoms in total. The Morgan fingerprint density at radius 3 is 2.94 bits per heavy atom. The molecule has 0 aliphatic rings. The largest absolute Gasteiger partial charge is 0.332 e. The number of unbranched alkanes of at least 4 members (excludes halogenated alkanes) is 1. The van der Waals surface area contributed by atoms with E-state index in [1.807, 2.05) is 0 Å². The average Bonchev–Trinajstić information content (AvgIpc) is 2.30. The summed E-state index contributed by atoms with van der Waals surface area (Å²) in [4.78, 5) is 15.3. The first kappa shape index (κ1) is 12.3. The maximum absolute atomic E-state index is 12.2. The van der Waals surface area contributed by atoms with Gasteiger partial charge >= 0.3 is 0 Å². The predicted octanol–water partition coefficient (Wildman–Crippen LogP) is 3.51. The third kappa shape index (κ3) is 2.42. The monoisotopic (exact) mass is 268 g/mol. The zero-order valence-corrected chi connectivity index (χ0v) is 11.1. The Hall–Kier alpha value is -1.13. The summed E-state index contributed by atoms with van der Waals surface area (Å²) in [6, 6.07) is 5.19. The summed E-state index contributed by atoms with van der Waals surface area (Å²) < 4.78 is 2.07. The Labute approximate surface area is 109 Å². The average molecular weight is 269 g/mol. The van der Waals surface area contributed by atoms with Crippen LogP contribution in [0.1, 0.15) is 19.8 Å². The zero-order chi connectivity index (χ0) is 12.4. The van der Waals surface area contributed by atoms with E-state index < -0.39 is 0 Å². The topological polar surface area (TPSA) is 37.8 Å². The molecule has 0 saturated heterocycles. The molecule has 17 heavy (non-hydrogen) atoms. The maximum Gasteiger partial charge on any atom is 0.262 e. The molecule has 0 spiro atoms. The van der Waals surface area contributed by atoms with Crippen LogP contribution in [-0.2, 0) is 6.54 Å². The summed E-state index contributed by atoms with van der Waals surface area (Å²) >= 11 is 11.1. The van der Waals surface area contributed by atoms with Crippen LogP contribution in [0.5, 0.6) is 0 Å². The summed E-state index contributed by atoms with van der Waals surface area (Å²) in [6.07, 6.45) is 1.96. The van der Waals surface area contributed by atoms with E-state index >= 15 is 0 Å². The van der Waals surface area contributed by atoms with Crippen LogP contribution in [0.15, 0.2) is 23.0 Å². The van der Waals surface area contributed by atoms with Gasteiger partial charge in [0.2, 0.25) is 0 Å². The molecule has 2 aromatic rings. The van der Waals surface area contributed by atoms with E-state index in [1.165, 1.54) is 0 Å². The van der Waals surface area contributed by atoms with Gasteiger partial charge in [-0.3, -0.25) is 9.36 Å². The second-order valence-electron chi connectivity index (χ2n) is 3.93. The van der Waals surface area contributed by atoms with Gasteiger partial charge in [0.25, 0.3) is 5.56 Å². The third-order valence-corrected chi connectivity index (χ3v) is 3.24. The van der Waals surface area contributed by atoms with Crippen LogP contribution >= 0.6 is 23.8 Å². The van der Waals surface area contributed by atoms with Crippen LogP contribution in [0, 0.1) is 4.77 Å². The predicted molar refractivity (Wildman–Crippen MR) is 73.3 cm³/mol. The van der Waals surface area contributed by atoms with Crippen molar-refractivity contribution in [1.29, 1.82) is 0 Å². The Balaban J connectivity index is 2.69. The molecule has 0 saturated carbocycles. The van der Waals surface area contributed by atoms with E-state index in [1.54, 1.807) is 22.8 Å². The minimum Gasteiger partial charge on any atom is -0.332 e. The first-order valence-corrected chi connectivity index (χ1v) is 6.34. The molecular formula is C12H13ClN2OS. The summed E-state index contributed by atoms with van der Waals surface area (Å²) in [5.41, 5.74) is 0.664. The van der Waals surface area contributed by atoms with E-state index in [0.29, 0.717) is 21.7 Å². The van der Waals surface area contributed by atoms with Crippen LogP contribution in [0.2, 0.25) is 5.02 Å². The van der Waals surface area contributed by atoms with Crippen molar-refractivity contribution in [2.45, 2.75) is 26.3 Å². The number of fused-ring (bicyclic) bond motifs is 1. The summed E-state index contributed by atoms with van der Waals surface area (Å²) in [5.74, 6) is 0. The highest BCUT2D eigenvalue weighted by Crippen LogP contribution is 2.14. The lowest BCUT2D eigenvalue weighted by atomic mass is 10.2. The van der Waals surface area contributed by atoms with Crippen LogP contribution in [0.3, 0.4) is 0 Å². The minimum atomic E-state index is -0.0697. The van der Waals surface area contributed by atoms with Gasteiger partial charge < -0.3 is 4.98 Å². The van der Waals surface area contributed by atoms with Gasteiger partial charge in [0, 0.05) is 11.6 Å². The molecule has 0 aliphatic carbocycles. The van der Waals surface area contributed by atoms with Gasteiger partial charge in [-0.05, 0) is 36.8 Å². The molecule has 0 unspecified atom stereocenters. The van der Waals surface area contributed by atoms with E-state index in [9.17, 15) is 4.79 Å². The number of aromatic amines is 1. The summed E-state index contributed by atoms with van der Waals surface area (Å²) in [5, 5.41) is 1.14. The molecular weight excluding hydrogens is 256 g/mol. The molecule has 0 fully saturated rings. The fourth-order valence-corrected chi connectivity index (χ4v) is 2.20. The standard InChI is InChI=1S/C12H13ClN2OS/c1-2-3-6-15-11(16)9-7-8(13)4-5-10(9)14-12(15)17/h4-5,7H,2-3,6H2,1H3,(H,14,17). The molecule has 0 aliphatic heterocycles. The van der Waals surface area contributed by atoms with Crippen LogP contribution in [0.4, 0.5) is 0 Å². The van der Waals surface area contributed by atoms with Gasteiger partial charge in [0.05, 0.1) is 10.9 Å². The van der Waals surface area contributed by atoms with Gasteiger partial charge in [-0.25, -0.2) is 0 Å². The van der Waals surface area contributed by atoms with Gasteiger partial charge in [-0.15, -0.1) is 0 Å². The number of benzene rings is 1. The molecule has 1 heterocycles. The number of hydrogen-bond acceptors (Lipinski definition) is 2. The van der Waals surface area contributed by atoms with E-state index in [-0.39, 0.29) is 5.56 Å². The van der Waals surface area contributed by atoms with Crippen molar-refractivity contribution in [2.75, 3.05) is 0 Å². The SMILES string of the molecule is CCCCn1c(=S)[nH]c2ccc(Cl)cc2c1=O. The van der Waals surface area contributed by atoms with Crippen molar-refractivity contribution in [3.8, 4) is 0 Å². The lowest BCUT2D eigenvalue weighted by molar-refractivity contribution is 0.601. The van der Waals surface area contributed by atoms with E-state index in [2.05, 4.69) is 11.9 Å². The normalized spacial score (nSPS) is 10.9. The van der Waals surface area contributed by atoms with Crippen molar-refractivity contribution in [1.82, 2.24) is 9.55 Å². The van der Waals surface area contributed by atoms with Crippen LogP contribution in [0.25, 0.3) is 10.9 Å². The zero-order valence-electron chi connectivity index (χ0n) is 9.50. The molecule has 1 N–H and O–H groups in total. The van der Waals surface area contributed by atoms with Crippen molar-refractivity contribution in [3.05, 3.63) is 38.3 Å². The fraction of sp³-hybridized carbons (Fsp3) is 0.333. The number of nitrogens with one attached hydrogen (secondary N) is 1. The molecule has 2 rings (SSSR count).